The minimum atomic E-state index is -0.349. The first-order valence-corrected chi connectivity index (χ1v) is 10.8. The van der Waals surface area contributed by atoms with Crippen LogP contribution in [0.15, 0.2) is 22.7 Å². The molecular formula is C22H30N4O3. The van der Waals surface area contributed by atoms with Crippen molar-refractivity contribution >= 4 is 28.6 Å². The summed E-state index contributed by atoms with van der Waals surface area (Å²) >= 11 is 0. The first-order chi connectivity index (χ1) is 14.1. The average molecular weight is 399 g/mol. The summed E-state index contributed by atoms with van der Waals surface area (Å²) in [5.74, 6) is 1.10. The van der Waals surface area contributed by atoms with Crippen molar-refractivity contribution in [2.75, 3.05) is 12.3 Å². The fourth-order valence-electron chi connectivity index (χ4n) is 4.70. The van der Waals surface area contributed by atoms with Gasteiger partial charge in [0.2, 0.25) is 11.8 Å². The first-order valence-electron chi connectivity index (χ1n) is 10.8. The highest BCUT2D eigenvalue weighted by atomic mass is 16.5. The number of likely N-dealkylation sites (tertiary alicyclic amines) is 1. The average Bonchev–Trinajstić information content (AvgIpc) is 3.38. The summed E-state index contributed by atoms with van der Waals surface area (Å²) in [6.07, 6.45) is 9.56. The molecule has 2 amide bonds. The minimum Gasteiger partial charge on any atom is -0.380 e. The molecule has 0 spiro atoms. The summed E-state index contributed by atoms with van der Waals surface area (Å²) in [7, 11) is 0. The van der Waals surface area contributed by atoms with Crippen molar-refractivity contribution in [1.29, 1.82) is 0 Å². The van der Waals surface area contributed by atoms with Crippen molar-refractivity contribution in [3.05, 3.63) is 23.8 Å². The van der Waals surface area contributed by atoms with E-state index in [2.05, 4.69) is 10.5 Å². The predicted octanol–water partition coefficient (Wildman–Crippen LogP) is 3.38. The second-order valence-corrected chi connectivity index (χ2v) is 8.40. The Kier molecular flexibility index (Phi) is 6.02. The maximum absolute atomic E-state index is 12.7. The molecule has 1 aromatic heterocycles. The molecule has 0 bridgehead atoms. The van der Waals surface area contributed by atoms with E-state index in [1.54, 1.807) is 4.90 Å². The van der Waals surface area contributed by atoms with Gasteiger partial charge in [-0.05, 0) is 42.9 Å². The molecule has 156 valence electrons. The second-order valence-electron chi connectivity index (χ2n) is 8.40. The number of nitrogens with one attached hydrogen (secondary N) is 1. The number of carbonyl (C=O) groups excluding carboxylic acids is 2. The maximum Gasteiger partial charge on any atom is 0.243 e. The van der Waals surface area contributed by atoms with Crippen LogP contribution in [0, 0.1) is 5.92 Å². The van der Waals surface area contributed by atoms with Gasteiger partial charge in [0.1, 0.15) is 6.04 Å². The monoisotopic (exact) mass is 398 g/mol. The highest BCUT2D eigenvalue weighted by molar-refractivity contribution is 5.89. The van der Waals surface area contributed by atoms with Crippen LogP contribution in [-0.4, -0.2) is 34.5 Å². The van der Waals surface area contributed by atoms with Crippen molar-refractivity contribution < 1.29 is 14.1 Å². The van der Waals surface area contributed by atoms with E-state index in [-0.39, 0.29) is 17.9 Å². The Morgan fingerprint density at radius 1 is 1.17 bits per heavy atom. The number of nitrogens with zero attached hydrogens (tertiary/aromatic N) is 2. The second kappa shape index (κ2) is 8.84. The lowest BCUT2D eigenvalue weighted by molar-refractivity contribution is -0.138. The SMILES string of the molecule is Nc1noc2cc(CNC(=O)[C@@H]3CCCN3C(=O)CCC3CCCCC3)ccc12. The molecule has 0 unspecified atom stereocenters. The third-order valence-corrected chi connectivity index (χ3v) is 6.40. The van der Waals surface area contributed by atoms with Gasteiger partial charge in [-0.1, -0.05) is 43.3 Å². The van der Waals surface area contributed by atoms with Gasteiger partial charge in [-0.2, -0.15) is 0 Å². The van der Waals surface area contributed by atoms with Crippen molar-refractivity contribution in [2.45, 2.75) is 70.4 Å². The fourth-order valence-corrected chi connectivity index (χ4v) is 4.70. The molecule has 2 fully saturated rings. The van der Waals surface area contributed by atoms with Gasteiger partial charge in [-0.15, -0.1) is 0 Å². The molecule has 3 N–H and O–H groups in total. The van der Waals surface area contributed by atoms with Gasteiger partial charge in [0.25, 0.3) is 0 Å². The third-order valence-electron chi connectivity index (χ3n) is 6.40. The molecule has 1 saturated heterocycles. The van der Waals surface area contributed by atoms with Crippen LogP contribution >= 0.6 is 0 Å². The number of anilines is 1. The van der Waals surface area contributed by atoms with Gasteiger partial charge < -0.3 is 20.5 Å². The molecule has 1 aliphatic carbocycles. The molecule has 1 atom stereocenters. The van der Waals surface area contributed by atoms with E-state index >= 15 is 0 Å². The van der Waals surface area contributed by atoms with Gasteiger partial charge in [0.05, 0.1) is 5.39 Å². The first kappa shape index (κ1) is 19.7. The van der Waals surface area contributed by atoms with Crippen molar-refractivity contribution in [1.82, 2.24) is 15.4 Å². The zero-order chi connectivity index (χ0) is 20.2. The van der Waals surface area contributed by atoms with Crippen LogP contribution in [0.25, 0.3) is 11.0 Å². The van der Waals surface area contributed by atoms with Crippen LogP contribution in [0.5, 0.6) is 0 Å². The lowest BCUT2D eigenvalue weighted by Crippen LogP contribution is -2.45. The Labute approximate surface area is 171 Å². The molecule has 2 heterocycles. The number of hydrogen-bond donors (Lipinski definition) is 2. The topological polar surface area (TPSA) is 101 Å². The van der Waals surface area contributed by atoms with Gasteiger partial charge in [-0.25, -0.2) is 0 Å². The van der Waals surface area contributed by atoms with E-state index in [1.165, 1.54) is 32.1 Å². The summed E-state index contributed by atoms with van der Waals surface area (Å²) < 4.78 is 5.18. The molecular weight excluding hydrogens is 368 g/mol. The lowest BCUT2D eigenvalue weighted by atomic mass is 9.86. The number of benzene rings is 1. The summed E-state index contributed by atoms with van der Waals surface area (Å²) in [5, 5.41) is 7.49. The fraction of sp³-hybridized carbons (Fsp3) is 0.591. The number of nitrogens with two attached hydrogens (primary N) is 1. The van der Waals surface area contributed by atoms with Crippen LogP contribution in [0.2, 0.25) is 0 Å². The number of nitrogen functional groups attached to an aromatic ring is 1. The molecule has 0 radical (unpaired) electrons. The van der Waals surface area contributed by atoms with E-state index in [0.29, 0.717) is 36.8 Å². The molecule has 2 aliphatic rings. The smallest absolute Gasteiger partial charge is 0.243 e. The normalized spacial score (nSPS) is 20.3. The van der Waals surface area contributed by atoms with Gasteiger partial charge in [-0.3, -0.25) is 9.59 Å². The van der Waals surface area contributed by atoms with Crippen molar-refractivity contribution in [3.8, 4) is 0 Å². The van der Waals surface area contributed by atoms with Gasteiger partial charge >= 0.3 is 0 Å². The maximum atomic E-state index is 12.7. The van der Waals surface area contributed by atoms with E-state index in [9.17, 15) is 9.59 Å². The number of fused-ring (bicyclic) bond motifs is 1. The Morgan fingerprint density at radius 2 is 2.00 bits per heavy atom. The number of hydrogen-bond acceptors (Lipinski definition) is 5. The molecule has 1 saturated carbocycles. The summed E-state index contributed by atoms with van der Waals surface area (Å²) in [6.45, 7) is 1.07. The zero-order valence-electron chi connectivity index (χ0n) is 16.9. The zero-order valence-corrected chi connectivity index (χ0v) is 16.9. The Hall–Kier alpha value is -2.57. The van der Waals surface area contributed by atoms with Gasteiger partial charge in [0, 0.05) is 19.5 Å². The molecule has 2 aromatic rings. The standard InChI is InChI=1S/C22H30N4O3/c23-21-17-10-8-16(13-19(17)29-25-21)14-24-22(28)18-7-4-12-26(18)20(27)11-9-15-5-2-1-3-6-15/h8,10,13,15,18H,1-7,9,11-12,14H2,(H2,23,25)(H,24,28)/t18-/m0/s1. The van der Waals surface area contributed by atoms with Crippen LogP contribution in [0.4, 0.5) is 5.82 Å². The number of rotatable bonds is 6. The van der Waals surface area contributed by atoms with Crippen molar-refractivity contribution in [3.63, 3.8) is 0 Å². The highest BCUT2D eigenvalue weighted by Crippen LogP contribution is 2.28. The molecule has 7 nitrogen and oxygen atoms in total. The molecule has 29 heavy (non-hydrogen) atoms. The van der Waals surface area contributed by atoms with Crippen molar-refractivity contribution in [2.24, 2.45) is 5.92 Å². The van der Waals surface area contributed by atoms with Crippen LogP contribution in [0.3, 0.4) is 0 Å². The summed E-state index contributed by atoms with van der Waals surface area (Å²) in [6, 6.07) is 5.23. The summed E-state index contributed by atoms with van der Waals surface area (Å²) in [4.78, 5) is 27.3. The Morgan fingerprint density at radius 3 is 2.83 bits per heavy atom. The lowest BCUT2D eigenvalue weighted by Gasteiger charge is -2.26. The van der Waals surface area contributed by atoms with E-state index in [4.69, 9.17) is 10.3 Å². The predicted molar refractivity (Wildman–Crippen MR) is 111 cm³/mol. The highest BCUT2D eigenvalue weighted by Gasteiger charge is 2.33. The quantitative estimate of drug-likeness (QED) is 0.777. The summed E-state index contributed by atoms with van der Waals surface area (Å²) in [5.41, 5.74) is 7.25. The van der Waals surface area contributed by atoms with E-state index < -0.39 is 0 Å². The van der Waals surface area contributed by atoms with Crippen LogP contribution < -0.4 is 11.1 Å². The largest absolute Gasteiger partial charge is 0.380 e. The Balaban J connectivity index is 1.30. The van der Waals surface area contributed by atoms with E-state index in [1.807, 2.05) is 18.2 Å². The van der Waals surface area contributed by atoms with E-state index in [0.717, 1.165) is 30.2 Å². The number of amides is 2. The van der Waals surface area contributed by atoms with Crippen LogP contribution in [0.1, 0.15) is 63.4 Å². The number of aromatic nitrogens is 1. The molecule has 1 aromatic carbocycles. The minimum absolute atomic E-state index is 0.0781. The van der Waals surface area contributed by atoms with Gasteiger partial charge in [0.15, 0.2) is 11.4 Å². The number of carbonyl (C=O) groups is 2. The molecule has 4 rings (SSSR count). The van der Waals surface area contributed by atoms with Crippen LogP contribution in [-0.2, 0) is 16.1 Å². The third kappa shape index (κ3) is 4.54. The Bertz CT molecular complexity index is 872. The molecule has 7 heteroatoms. The molecule has 1 aliphatic heterocycles.